The van der Waals surface area contributed by atoms with E-state index < -0.39 is 24.0 Å². The van der Waals surface area contributed by atoms with Gasteiger partial charge in [-0.25, -0.2) is 4.79 Å². The third-order valence-corrected chi connectivity index (χ3v) is 3.58. The first kappa shape index (κ1) is 14.5. The van der Waals surface area contributed by atoms with E-state index >= 15 is 0 Å². The van der Waals surface area contributed by atoms with Crippen LogP contribution in [0.3, 0.4) is 0 Å². The van der Waals surface area contributed by atoms with E-state index in [1.54, 1.807) is 24.3 Å². The number of carbonyl (C=O) groups excluding carboxylic acids is 1. The van der Waals surface area contributed by atoms with Gasteiger partial charge in [-0.15, -0.1) is 0 Å². The van der Waals surface area contributed by atoms with E-state index in [0.717, 1.165) is 5.56 Å². The van der Waals surface area contributed by atoms with Gasteiger partial charge in [0.25, 0.3) is 0 Å². The summed E-state index contributed by atoms with van der Waals surface area (Å²) >= 11 is 0. The van der Waals surface area contributed by atoms with Crippen LogP contribution in [0.1, 0.15) is 17.9 Å². The molecular formula is C14H18N2O4. The van der Waals surface area contributed by atoms with Crippen LogP contribution in [-0.4, -0.2) is 52.2 Å². The molecule has 4 N–H and O–H groups in total. The fourth-order valence-electron chi connectivity index (χ4n) is 2.56. The van der Waals surface area contributed by atoms with Crippen LogP contribution in [0, 0.1) is 0 Å². The molecule has 1 amide bonds. The quantitative estimate of drug-likeness (QED) is 0.706. The topological polar surface area (TPSA) is 104 Å². The van der Waals surface area contributed by atoms with E-state index in [4.69, 9.17) is 10.8 Å². The molecule has 0 spiro atoms. The van der Waals surface area contributed by atoms with Crippen molar-refractivity contribution in [1.82, 2.24) is 4.90 Å². The second-order valence-corrected chi connectivity index (χ2v) is 4.93. The highest BCUT2D eigenvalue weighted by Crippen LogP contribution is 2.24. The second-order valence-electron chi connectivity index (χ2n) is 4.93. The average Bonchev–Trinajstić information content (AvgIpc) is 2.83. The predicted molar refractivity (Wildman–Crippen MR) is 72.0 cm³/mol. The first-order valence-electron chi connectivity index (χ1n) is 6.51. The molecule has 0 aliphatic carbocycles. The molecule has 0 radical (unpaired) electrons. The molecule has 1 unspecified atom stereocenters. The zero-order chi connectivity index (χ0) is 14.7. The summed E-state index contributed by atoms with van der Waals surface area (Å²) < 4.78 is 0. The Balaban J connectivity index is 2.22. The van der Waals surface area contributed by atoms with Crippen LogP contribution in [0.5, 0.6) is 0 Å². The summed E-state index contributed by atoms with van der Waals surface area (Å²) in [5.41, 5.74) is 6.43. The average molecular weight is 278 g/mol. The minimum absolute atomic E-state index is 0.0408. The Labute approximate surface area is 116 Å². The van der Waals surface area contributed by atoms with Crippen molar-refractivity contribution < 1.29 is 19.8 Å². The second kappa shape index (κ2) is 6.02. The van der Waals surface area contributed by atoms with E-state index in [0.29, 0.717) is 0 Å². The number of likely N-dealkylation sites (tertiary alicyclic amines) is 1. The van der Waals surface area contributed by atoms with Gasteiger partial charge >= 0.3 is 5.97 Å². The molecule has 0 aromatic heterocycles. The van der Waals surface area contributed by atoms with Gasteiger partial charge in [-0.2, -0.15) is 0 Å². The van der Waals surface area contributed by atoms with Crippen LogP contribution in [0.15, 0.2) is 30.3 Å². The Hall–Kier alpha value is -1.92. The van der Waals surface area contributed by atoms with Gasteiger partial charge < -0.3 is 20.8 Å². The lowest BCUT2D eigenvalue weighted by Crippen LogP contribution is -2.44. The molecule has 0 bridgehead atoms. The van der Waals surface area contributed by atoms with Gasteiger partial charge in [-0.1, -0.05) is 30.3 Å². The van der Waals surface area contributed by atoms with E-state index in [9.17, 15) is 14.7 Å². The standard InChI is InChI=1S/C14H18N2O4/c15-7-11(9-4-2-1-3-5-9)13(18)16-8-10(17)6-12(16)14(19)20/h1-5,10-12,17H,6-8,15H2,(H,19,20)/t10-,11?,12-/m0/s1. The number of aliphatic hydroxyl groups is 1. The molecule has 1 heterocycles. The maximum Gasteiger partial charge on any atom is 0.326 e. The number of nitrogens with zero attached hydrogens (tertiary/aromatic N) is 1. The van der Waals surface area contributed by atoms with Gasteiger partial charge in [0, 0.05) is 19.5 Å². The van der Waals surface area contributed by atoms with Crippen molar-refractivity contribution in [1.29, 1.82) is 0 Å². The van der Waals surface area contributed by atoms with Gasteiger partial charge in [0.2, 0.25) is 5.91 Å². The summed E-state index contributed by atoms with van der Waals surface area (Å²) in [6.45, 7) is 0.140. The fourth-order valence-corrected chi connectivity index (χ4v) is 2.56. The molecule has 3 atom stereocenters. The monoisotopic (exact) mass is 278 g/mol. The molecule has 20 heavy (non-hydrogen) atoms. The zero-order valence-electron chi connectivity index (χ0n) is 11.0. The third-order valence-electron chi connectivity index (χ3n) is 3.58. The van der Waals surface area contributed by atoms with Gasteiger partial charge in [-0.3, -0.25) is 4.79 Å². The normalized spacial score (nSPS) is 23.6. The minimum Gasteiger partial charge on any atom is -0.480 e. The van der Waals surface area contributed by atoms with Crippen molar-refractivity contribution in [3.8, 4) is 0 Å². The third kappa shape index (κ3) is 2.81. The number of aliphatic hydroxyl groups excluding tert-OH is 1. The van der Waals surface area contributed by atoms with Crippen molar-refractivity contribution in [3.05, 3.63) is 35.9 Å². The van der Waals surface area contributed by atoms with Crippen molar-refractivity contribution in [2.45, 2.75) is 24.5 Å². The summed E-state index contributed by atoms with van der Waals surface area (Å²) in [4.78, 5) is 24.9. The SMILES string of the molecule is NCC(C(=O)N1C[C@@H](O)C[C@H]1C(=O)O)c1ccccc1. The summed E-state index contributed by atoms with van der Waals surface area (Å²) in [5.74, 6) is -2.02. The molecule has 1 saturated heterocycles. The Morgan fingerprint density at radius 1 is 1.35 bits per heavy atom. The first-order valence-corrected chi connectivity index (χ1v) is 6.51. The largest absolute Gasteiger partial charge is 0.480 e. The molecule has 1 aromatic rings. The predicted octanol–water partition coefficient (Wildman–Crippen LogP) is -0.225. The maximum absolute atomic E-state index is 12.5. The first-order chi connectivity index (χ1) is 9.54. The fraction of sp³-hybridized carbons (Fsp3) is 0.429. The van der Waals surface area contributed by atoms with Gasteiger partial charge in [-0.05, 0) is 5.56 Å². The number of rotatable bonds is 4. The number of hydrogen-bond donors (Lipinski definition) is 3. The van der Waals surface area contributed by atoms with Crippen molar-refractivity contribution >= 4 is 11.9 Å². The lowest BCUT2D eigenvalue weighted by molar-refractivity contribution is -0.148. The molecule has 108 valence electrons. The molecule has 6 nitrogen and oxygen atoms in total. The highest BCUT2D eigenvalue weighted by atomic mass is 16.4. The molecule has 0 saturated carbocycles. The van der Waals surface area contributed by atoms with E-state index in [2.05, 4.69) is 0 Å². The highest BCUT2D eigenvalue weighted by molar-refractivity contribution is 5.89. The van der Waals surface area contributed by atoms with Crippen molar-refractivity contribution in [3.63, 3.8) is 0 Å². The molecule has 1 aromatic carbocycles. The highest BCUT2D eigenvalue weighted by Gasteiger charge is 2.41. The van der Waals surface area contributed by atoms with Crippen LogP contribution in [0.2, 0.25) is 0 Å². The number of benzene rings is 1. The smallest absolute Gasteiger partial charge is 0.326 e. The molecule has 6 heteroatoms. The minimum atomic E-state index is -1.10. The molecule has 1 aliphatic rings. The van der Waals surface area contributed by atoms with E-state index in [-0.39, 0.29) is 25.4 Å². The van der Waals surface area contributed by atoms with Gasteiger partial charge in [0.1, 0.15) is 6.04 Å². The number of aliphatic carboxylic acids is 1. The van der Waals surface area contributed by atoms with E-state index in [1.165, 1.54) is 4.90 Å². The summed E-state index contributed by atoms with van der Waals surface area (Å²) in [6, 6.07) is 8.05. The number of amides is 1. The molecule has 2 rings (SSSR count). The summed E-state index contributed by atoms with van der Waals surface area (Å²) in [6.07, 6.45) is -0.734. The van der Waals surface area contributed by atoms with E-state index in [1.807, 2.05) is 6.07 Å². The van der Waals surface area contributed by atoms with Crippen molar-refractivity contribution in [2.24, 2.45) is 5.73 Å². The Morgan fingerprint density at radius 2 is 2.00 bits per heavy atom. The van der Waals surface area contributed by atoms with Crippen LogP contribution in [0.4, 0.5) is 0 Å². The number of carbonyl (C=O) groups is 2. The van der Waals surface area contributed by atoms with Gasteiger partial charge in [0.15, 0.2) is 0 Å². The summed E-state index contributed by atoms with van der Waals surface area (Å²) in [5, 5.41) is 18.7. The van der Waals surface area contributed by atoms with Crippen LogP contribution in [-0.2, 0) is 9.59 Å². The van der Waals surface area contributed by atoms with Crippen molar-refractivity contribution in [2.75, 3.05) is 13.1 Å². The zero-order valence-corrected chi connectivity index (χ0v) is 11.0. The lowest BCUT2D eigenvalue weighted by Gasteiger charge is -2.26. The van der Waals surface area contributed by atoms with Crippen LogP contribution < -0.4 is 5.73 Å². The number of carboxylic acid groups (broad SMARTS) is 1. The van der Waals surface area contributed by atoms with Crippen LogP contribution >= 0.6 is 0 Å². The van der Waals surface area contributed by atoms with Crippen LogP contribution in [0.25, 0.3) is 0 Å². The molecule has 1 aliphatic heterocycles. The van der Waals surface area contributed by atoms with Gasteiger partial charge in [0.05, 0.1) is 12.0 Å². The Bertz CT molecular complexity index is 491. The lowest BCUT2D eigenvalue weighted by atomic mass is 9.97. The Kier molecular flexibility index (Phi) is 4.36. The molecular weight excluding hydrogens is 260 g/mol. The number of nitrogens with two attached hydrogens (primary N) is 1. The molecule has 1 fully saturated rings. The Morgan fingerprint density at radius 3 is 2.55 bits per heavy atom. The number of β-amino-alcohol motifs (C(OH)–C–C–N with tert-alkyl or cyclic N) is 1. The number of carboxylic acids is 1. The maximum atomic E-state index is 12.5. The summed E-state index contributed by atoms with van der Waals surface area (Å²) in [7, 11) is 0. The number of hydrogen-bond acceptors (Lipinski definition) is 4.